The predicted octanol–water partition coefficient (Wildman–Crippen LogP) is 9.28. The van der Waals surface area contributed by atoms with E-state index in [0.717, 1.165) is 61.0 Å². The highest BCUT2D eigenvalue weighted by Gasteiger charge is 2.20. The number of nitrogens with zero attached hydrogens (tertiary/aromatic N) is 3. The lowest BCUT2D eigenvalue weighted by molar-refractivity contribution is 0.669. The number of hydrogen-bond acceptors (Lipinski definition) is 3. The summed E-state index contributed by atoms with van der Waals surface area (Å²) >= 11 is 0. The number of rotatable bonds is 3. The highest BCUT2D eigenvalue weighted by atomic mass is 16.3. The maximum absolute atomic E-state index is 9.38. The highest BCUT2D eigenvalue weighted by Crippen LogP contribution is 2.42. The summed E-state index contributed by atoms with van der Waals surface area (Å²) < 4.78 is 8.62. The number of fused-ring (bicyclic) bond motifs is 7. The molecule has 0 atom stereocenters. The zero-order valence-corrected chi connectivity index (χ0v) is 21.4. The van der Waals surface area contributed by atoms with Crippen molar-refractivity contribution in [2.75, 3.05) is 0 Å². The molecule has 4 nitrogen and oxygen atoms in total. The van der Waals surface area contributed by atoms with Crippen LogP contribution in [0.4, 0.5) is 0 Å². The van der Waals surface area contributed by atoms with Crippen molar-refractivity contribution in [3.63, 3.8) is 0 Å². The maximum atomic E-state index is 9.38. The molecule has 8 aromatic rings. The third kappa shape index (κ3) is 3.28. The van der Waals surface area contributed by atoms with Crippen LogP contribution in [0.1, 0.15) is 5.56 Å². The summed E-state index contributed by atoms with van der Waals surface area (Å²) in [4.78, 5) is 4.53. The molecule has 3 heterocycles. The quantitative estimate of drug-likeness (QED) is 0.237. The van der Waals surface area contributed by atoms with Gasteiger partial charge in [-0.15, -0.1) is 0 Å². The molecule has 186 valence electrons. The average molecular weight is 512 g/mol. The van der Waals surface area contributed by atoms with E-state index in [-0.39, 0.29) is 0 Å². The van der Waals surface area contributed by atoms with E-state index in [1.807, 2.05) is 24.3 Å². The van der Waals surface area contributed by atoms with Gasteiger partial charge in [0.25, 0.3) is 0 Å². The van der Waals surface area contributed by atoms with E-state index in [4.69, 9.17) is 4.42 Å². The number of benzene rings is 5. The Morgan fingerprint density at radius 3 is 2.35 bits per heavy atom. The molecule has 4 heteroatoms. The molecule has 0 aliphatic heterocycles. The fourth-order valence-corrected chi connectivity index (χ4v) is 5.95. The Morgan fingerprint density at radius 2 is 1.43 bits per heavy atom. The molecule has 5 aromatic carbocycles. The summed E-state index contributed by atoms with van der Waals surface area (Å²) in [5.74, 6) is 0. The molecule has 0 aliphatic carbocycles. The predicted molar refractivity (Wildman–Crippen MR) is 161 cm³/mol. The van der Waals surface area contributed by atoms with Crippen LogP contribution in [-0.2, 0) is 0 Å². The van der Waals surface area contributed by atoms with Crippen molar-refractivity contribution in [2.24, 2.45) is 0 Å². The van der Waals surface area contributed by atoms with Crippen LogP contribution in [0.2, 0.25) is 0 Å². The Hall–Kier alpha value is -5.66. The third-order valence-corrected chi connectivity index (χ3v) is 7.68. The topological polar surface area (TPSA) is 54.8 Å². The molecule has 0 saturated heterocycles. The van der Waals surface area contributed by atoms with Crippen LogP contribution in [0.15, 0.2) is 132 Å². The van der Waals surface area contributed by atoms with E-state index in [2.05, 4.69) is 107 Å². The smallest absolute Gasteiger partial charge is 0.136 e. The van der Waals surface area contributed by atoms with Gasteiger partial charge in [0.1, 0.15) is 11.2 Å². The molecule has 0 amide bonds. The molecular weight excluding hydrogens is 490 g/mol. The SMILES string of the molecule is N#Cc1ccnc(-c2cccc(-c3ccccc3-n3c4ccccc4c4c5c(ccc43)oc3ccccc35)c2)c1. The van der Waals surface area contributed by atoms with Crippen molar-refractivity contribution in [3.8, 4) is 34.1 Å². The monoisotopic (exact) mass is 511 g/mol. The summed E-state index contributed by atoms with van der Waals surface area (Å²) in [5.41, 5.74) is 9.70. The summed E-state index contributed by atoms with van der Waals surface area (Å²) in [5, 5.41) is 14.0. The first kappa shape index (κ1) is 22.3. The molecule has 0 radical (unpaired) electrons. The molecule has 0 N–H and O–H groups in total. The van der Waals surface area contributed by atoms with Crippen LogP contribution >= 0.6 is 0 Å². The van der Waals surface area contributed by atoms with Gasteiger partial charge in [0, 0.05) is 38.9 Å². The van der Waals surface area contributed by atoms with Crippen molar-refractivity contribution < 1.29 is 4.42 Å². The normalized spacial score (nSPS) is 11.5. The van der Waals surface area contributed by atoms with Gasteiger partial charge in [0.15, 0.2) is 0 Å². The zero-order valence-electron chi connectivity index (χ0n) is 21.4. The molecule has 0 aliphatic rings. The maximum Gasteiger partial charge on any atom is 0.136 e. The van der Waals surface area contributed by atoms with Gasteiger partial charge in [0.2, 0.25) is 0 Å². The minimum absolute atomic E-state index is 0.596. The lowest BCUT2D eigenvalue weighted by Crippen LogP contribution is -1.97. The molecule has 0 saturated carbocycles. The second-order valence-corrected chi connectivity index (χ2v) is 9.92. The third-order valence-electron chi connectivity index (χ3n) is 7.68. The molecule has 0 bridgehead atoms. The minimum Gasteiger partial charge on any atom is -0.456 e. The molecule has 8 rings (SSSR count). The van der Waals surface area contributed by atoms with E-state index in [1.54, 1.807) is 12.3 Å². The van der Waals surface area contributed by atoms with Crippen LogP contribution in [0.25, 0.3) is 71.8 Å². The van der Waals surface area contributed by atoms with Gasteiger partial charge in [-0.05, 0) is 54.1 Å². The van der Waals surface area contributed by atoms with Crippen LogP contribution < -0.4 is 0 Å². The minimum atomic E-state index is 0.596. The van der Waals surface area contributed by atoms with Crippen molar-refractivity contribution in [3.05, 3.63) is 133 Å². The summed E-state index contributed by atoms with van der Waals surface area (Å²) in [6, 6.07) is 43.8. The van der Waals surface area contributed by atoms with Crippen LogP contribution in [-0.4, -0.2) is 9.55 Å². The number of hydrogen-bond donors (Lipinski definition) is 0. The number of para-hydroxylation sites is 3. The van der Waals surface area contributed by atoms with E-state index < -0.39 is 0 Å². The summed E-state index contributed by atoms with van der Waals surface area (Å²) in [7, 11) is 0. The Kier molecular flexibility index (Phi) is 4.85. The first-order chi connectivity index (χ1) is 19.8. The van der Waals surface area contributed by atoms with E-state index >= 15 is 0 Å². The fourth-order valence-electron chi connectivity index (χ4n) is 5.95. The first-order valence-corrected chi connectivity index (χ1v) is 13.2. The molecular formula is C36H21N3O. The summed E-state index contributed by atoms with van der Waals surface area (Å²) in [6.07, 6.45) is 1.69. The largest absolute Gasteiger partial charge is 0.456 e. The first-order valence-electron chi connectivity index (χ1n) is 13.2. The Morgan fingerprint density at radius 1 is 0.625 bits per heavy atom. The Labute approximate surface area is 230 Å². The van der Waals surface area contributed by atoms with Gasteiger partial charge in [-0.3, -0.25) is 4.98 Å². The van der Waals surface area contributed by atoms with Gasteiger partial charge in [-0.2, -0.15) is 5.26 Å². The molecule has 40 heavy (non-hydrogen) atoms. The van der Waals surface area contributed by atoms with Crippen molar-refractivity contribution in [1.82, 2.24) is 9.55 Å². The van der Waals surface area contributed by atoms with Crippen molar-refractivity contribution in [2.45, 2.75) is 0 Å². The van der Waals surface area contributed by atoms with E-state index in [9.17, 15) is 5.26 Å². The van der Waals surface area contributed by atoms with Gasteiger partial charge < -0.3 is 8.98 Å². The second kappa shape index (κ2) is 8.69. The van der Waals surface area contributed by atoms with Crippen molar-refractivity contribution >= 4 is 43.7 Å². The van der Waals surface area contributed by atoms with Crippen LogP contribution in [0.3, 0.4) is 0 Å². The van der Waals surface area contributed by atoms with Gasteiger partial charge in [0.05, 0.1) is 34.0 Å². The lowest BCUT2D eigenvalue weighted by atomic mass is 9.99. The van der Waals surface area contributed by atoms with Crippen molar-refractivity contribution in [1.29, 1.82) is 5.26 Å². The van der Waals surface area contributed by atoms with Crippen LogP contribution in [0.5, 0.6) is 0 Å². The number of pyridine rings is 1. The summed E-state index contributed by atoms with van der Waals surface area (Å²) in [6.45, 7) is 0. The van der Waals surface area contributed by atoms with Crippen LogP contribution in [0, 0.1) is 11.3 Å². The van der Waals surface area contributed by atoms with E-state index in [0.29, 0.717) is 5.56 Å². The fraction of sp³-hybridized carbons (Fsp3) is 0. The number of nitriles is 1. The van der Waals surface area contributed by atoms with Gasteiger partial charge in [-0.1, -0.05) is 72.8 Å². The second-order valence-electron chi connectivity index (χ2n) is 9.92. The number of aromatic nitrogens is 2. The molecule has 3 aromatic heterocycles. The molecule has 0 unspecified atom stereocenters. The lowest BCUT2D eigenvalue weighted by Gasteiger charge is -2.15. The Balaban J connectivity index is 1.41. The van der Waals surface area contributed by atoms with Gasteiger partial charge >= 0.3 is 0 Å². The molecule has 0 spiro atoms. The molecule has 0 fully saturated rings. The number of furan rings is 1. The van der Waals surface area contributed by atoms with E-state index in [1.165, 1.54) is 10.8 Å². The zero-order chi connectivity index (χ0) is 26.6. The highest BCUT2D eigenvalue weighted by molar-refractivity contribution is 6.27. The standard InChI is InChI=1S/C36H21N3O/c37-22-23-18-19-38-29(20-23)25-9-7-8-24(21-25)26-10-1-4-13-30(26)39-31-14-5-2-11-27(31)35-32(39)16-17-34-36(35)28-12-3-6-15-33(28)40-34/h1-21H. The van der Waals surface area contributed by atoms with Gasteiger partial charge in [-0.25, -0.2) is 0 Å². The average Bonchev–Trinajstić information content (AvgIpc) is 3.56. The Bertz CT molecular complexity index is 2300.